The minimum absolute atomic E-state index is 0.0447. The third-order valence-electron chi connectivity index (χ3n) is 5.09. The second-order valence-corrected chi connectivity index (χ2v) is 8.89. The van der Waals surface area contributed by atoms with Gasteiger partial charge in [0.1, 0.15) is 0 Å². The summed E-state index contributed by atoms with van der Waals surface area (Å²) in [5.41, 5.74) is 2.07. The van der Waals surface area contributed by atoms with Crippen LogP contribution in [0, 0.1) is 22.7 Å². The van der Waals surface area contributed by atoms with Crippen molar-refractivity contribution in [2.24, 2.45) is 0 Å². The zero-order valence-electron chi connectivity index (χ0n) is 17.0. The Morgan fingerprint density at radius 3 is 2.32 bits per heavy atom. The molecule has 1 N–H and O–H groups in total. The van der Waals surface area contributed by atoms with Gasteiger partial charge in [0.05, 0.1) is 22.6 Å². The number of rotatable bonds is 6. The van der Waals surface area contributed by atoms with Crippen LogP contribution < -0.4 is 9.62 Å². The van der Waals surface area contributed by atoms with Crippen LogP contribution in [-0.2, 0) is 10.0 Å². The number of anilines is 1. The van der Waals surface area contributed by atoms with Crippen LogP contribution in [0.25, 0.3) is 0 Å². The number of hydrogen-bond acceptors (Lipinski definition) is 6. The van der Waals surface area contributed by atoms with Crippen LogP contribution in [0.5, 0.6) is 0 Å². The van der Waals surface area contributed by atoms with E-state index in [0.717, 1.165) is 18.7 Å². The summed E-state index contributed by atoms with van der Waals surface area (Å²) in [5.74, 6) is -0.136. The van der Waals surface area contributed by atoms with Gasteiger partial charge in [-0.3, -0.25) is 4.79 Å². The Balaban J connectivity index is 1.63. The zero-order chi connectivity index (χ0) is 22.3. The number of nitrogens with zero attached hydrogens (tertiary/aromatic N) is 4. The summed E-state index contributed by atoms with van der Waals surface area (Å²) in [6.07, 6.45) is 0.894. The van der Waals surface area contributed by atoms with E-state index in [1.54, 1.807) is 17.0 Å². The minimum atomic E-state index is -3.70. The summed E-state index contributed by atoms with van der Waals surface area (Å²) in [4.78, 5) is 16.9. The topological polar surface area (TPSA) is 117 Å². The Morgan fingerprint density at radius 1 is 0.968 bits per heavy atom. The molecule has 0 radical (unpaired) electrons. The molecule has 0 atom stereocenters. The maximum atomic E-state index is 12.9. The second kappa shape index (κ2) is 10.1. The first kappa shape index (κ1) is 22.3. The number of nitriles is 2. The lowest BCUT2D eigenvalue weighted by Crippen LogP contribution is -2.35. The van der Waals surface area contributed by atoms with Crippen molar-refractivity contribution in [1.82, 2.24) is 9.62 Å². The molecule has 31 heavy (non-hydrogen) atoms. The van der Waals surface area contributed by atoms with Crippen molar-refractivity contribution < 1.29 is 13.2 Å². The molecule has 1 aliphatic rings. The molecule has 2 aromatic rings. The highest BCUT2D eigenvalue weighted by atomic mass is 32.2. The van der Waals surface area contributed by atoms with E-state index in [0.29, 0.717) is 30.8 Å². The maximum absolute atomic E-state index is 12.9. The second-order valence-electron chi connectivity index (χ2n) is 7.12. The molecule has 0 spiro atoms. The summed E-state index contributed by atoms with van der Waals surface area (Å²) in [6.45, 7) is 2.69. The van der Waals surface area contributed by atoms with Gasteiger partial charge in [-0.05, 0) is 55.0 Å². The van der Waals surface area contributed by atoms with Crippen LogP contribution in [0.15, 0.2) is 53.4 Å². The Kier molecular flexibility index (Phi) is 7.24. The van der Waals surface area contributed by atoms with Crippen molar-refractivity contribution in [1.29, 1.82) is 10.5 Å². The number of nitrogens with one attached hydrogen (secondary N) is 1. The fourth-order valence-corrected chi connectivity index (χ4v) is 4.44. The summed E-state index contributed by atoms with van der Waals surface area (Å²) in [7, 11) is -3.70. The maximum Gasteiger partial charge on any atom is 0.253 e. The van der Waals surface area contributed by atoms with Gasteiger partial charge in [0, 0.05) is 50.4 Å². The lowest BCUT2D eigenvalue weighted by atomic mass is 10.2. The normalized spacial score (nSPS) is 14.4. The number of sulfonamides is 1. The summed E-state index contributed by atoms with van der Waals surface area (Å²) in [6, 6.07) is 17.2. The monoisotopic (exact) mass is 437 g/mol. The SMILES string of the molecule is N#CCCNS(=O)(=O)c1ccc(C(=O)N2CCCN(c3ccc(C#N)cc3)CC2)cc1. The van der Waals surface area contributed by atoms with E-state index in [-0.39, 0.29) is 23.8 Å². The average molecular weight is 438 g/mol. The largest absolute Gasteiger partial charge is 0.370 e. The van der Waals surface area contributed by atoms with Crippen molar-refractivity contribution in [3.8, 4) is 12.1 Å². The summed E-state index contributed by atoms with van der Waals surface area (Å²) < 4.78 is 26.8. The molecular weight excluding hydrogens is 414 g/mol. The van der Waals surface area contributed by atoms with Crippen molar-refractivity contribution >= 4 is 21.6 Å². The Hall–Kier alpha value is -3.40. The van der Waals surface area contributed by atoms with E-state index in [2.05, 4.69) is 15.7 Å². The first-order valence-electron chi connectivity index (χ1n) is 9.95. The van der Waals surface area contributed by atoms with E-state index >= 15 is 0 Å². The van der Waals surface area contributed by atoms with Crippen LogP contribution in [0.2, 0.25) is 0 Å². The van der Waals surface area contributed by atoms with Crippen LogP contribution in [-0.4, -0.2) is 51.9 Å². The van der Waals surface area contributed by atoms with Gasteiger partial charge in [-0.25, -0.2) is 13.1 Å². The van der Waals surface area contributed by atoms with Gasteiger partial charge >= 0.3 is 0 Å². The highest BCUT2D eigenvalue weighted by Gasteiger charge is 2.21. The summed E-state index contributed by atoms with van der Waals surface area (Å²) >= 11 is 0. The highest BCUT2D eigenvalue weighted by molar-refractivity contribution is 7.89. The number of hydrogen-bond donors (Lipinski definition) is 1. The molecule has 1 heterocycles. The molecule has 160 valence electrons. The van der Waals surface area contributed by atoms with E-state index in [4.69, 9.17) is 10.5 Å². The third kappa shape index (κ3) is 5.60. The molecule has 0 bridgehead atoms. The molecule has 0 aromatic heterocycles. The molecular formula is C22H23N5O3S. The lowest BCUT2D eigenvalue weighted by molar-refractivity contribution is 0.0767. The van der Waals surface area contributed by atoms with Gasteiger partial charge in [-0.1, -0.05) is 0 Å². The van der Waals surface area contributed by atoms with Gasteiger partial charge in [-0.2, -0.15) is 10.5 Å². The van der Waals surface area contributed by atoms with Crippen molar-refractivity contribution in [2.75, 3.05) is 37.6 Å². The Bertz CT molecular complexity index is 1100. The average Bonchev–Trinajstić information content (AvgIpc) is 3.05. The number of benzene rings is 2. The number of amides is 1. The van der Waals surface area contributed by atoms with E-state index in [1.165, 1.54) is 24.3 Å². The van der Waals surface area contributed by atoms with Gasteiger partial charge in [-0.15, -0.1) is 0 Å². The van der Waals surface area contributed by atoms with E-state index in [9.17, 15) is 13.2 Å². The standard InChI is InChI=1S/C22H23N5O3S/c23-11-1-12-25-31(29,30)21-9-5-19(6-10-21)22(28)27-14-2-13-26(15-16-27)20-7-3-18(17-24)4-8-20/h3-10,25H,1-2,12-16H2. The fourth-order valence-electron chi connectivity index (χ4n) is 3.41. The number of carbonyl (C=O) groups excluding carboxylic acids is 1. The van der Waals surface area contributed by atoms with Gasteiger partial charge in [0.15, 0.2) is 0 Å². The molecule has 3 rings (SSSR count). The molecule has 0 aliphatic carbocycles. The molecule has 1 amide bonds. The molecule has 2 aromatic carbocycles. The van der Waals surface area contributed by atoms with Crippen LogP contribution >= 0.6 is 0 Å². The predicted octanol–water partition coefficient (Wildman–Crippen LogP) is 2.10. The van der Waals surface area contributed by atoms with Crippen molar-refractivity contribution in [3.63, 3.8) is 0 Å². The smallest absolute Gasteiger partial charge is 0.253 e. The van der Waals surface area contributed by atoms with Crippen molar-refractivity contribution in [3.05, 3.63) is 59.7 Å². The first-order chi connectivity index (χ1) is 14.9. The molecule has 1 aliphatic heterocycles. The summed E-state index contributed by atoms with van der Waals surface area (Å²) in [5, 5.41) is 17.5. The van der Waals surface area contributed by atoms with Gasteiger partial charge in [0.25, 0.3) is 5.91 Å². The molecule has 0 saturated carbocycles. The van der Waals surface area contributed by atoms with Crippen LogP contribution in [0.1, 0.15) is 28.8 Å². The van der Waals surface area contributed by atoms with Crippen molar-refractivity contribution in [2.45, 2.75) is 17.7 Å². The first-order valence-corrected chi connectivity index (χ1v) is 11.4. The molecule has 1 saturated heterocycles. The predicted molar refractivity (Wildman–Crippen MR) is 116 cm³/mol. The van der Waals surface area contributed by atoms with E-state index < -0.39 is 10.0 Å². The number of carbonyl (C=O) groups is 1. The molecule has 9 heteroatoms. The molecule has 1 fully saturated rings. The quantitative estimate of drug-likeness (QED) is 0.692. The minimum Gasteiger partial charge on any atom is -0.370 e. The zero-order valence-corrected chi connectivity index (χ0v) is 17.8. The Morgan fingerprint density at radius 2 is 1.68 bits per heavy atom. The molecule has 0 unspecified atom stereocenters. The molecule has 8 nitrogen and oxygen atoms in total. The Labute approximate surface area is 182 Å². The van der Waals surface area contributed by atoms with E-state index in [1.807, 2.05) is 18.2 Å². The lowest BCUT2D eigenvalue weighted by Gasteiger charge is -2.24. The van der Waals surface area contributed by atoms with Crippen LogP contribution in [0.3, 0.4) is 0 Å². The van der Waals surface area contributed by atoms with Gasteiger partial charge in [0.2, 0.25) is 10.0 Å². The van der Waals surface area contributed by atoms with Crippen LogP contribution in [0.4, 0.5) is 5.69 Å². The van der Waals surface area contributed by atoms with Gasteiger partial charge < -0.3 is 9.80 Å². The highest BCUT2D eigenvalue weighted by Crippen LogP contribution is 2.19. The third-order valence-corrected chi connectivity index (χ3v) is 6.56. The fraction of sp³-hybridized carbons (Fsp3) is 0.318.